The van der Waals surface area contributed by atoms with Crippen molar-refractivity contribution in [1.29, 1.82) is 0 Å². The number of hydrogen-bond donors (Lipinski definition) is 1. The predicted octanol–water partition coefficient (Wildman–Crippen LogP) is 3.44. The summed E-state index contributed by atoms with van der Waals surface area (Å²) in [4.78, 5) is 2.51. The zero-order chi connectivity index (χ0) is 13.9. The van der Waals surface area contributed by atoms with Gasteiger partial charge in [-0.2, -0.15) is 0 Å². The summed E-state index contributed by atoms with van der Waals surface area (Å²) in [5, 5.41) is 3.58. The molecule has 1 saturated heterocycles. The molecule has 1 aromatic carbocycles. The summed E-state index contributed by atoms with van der Waals surface area (Å²) in [6, 6.07) is 7.52. The smallest absolute Gasteiger partial charge is 0.0608 e. The maximum Gasteiger partial charge on any atom is 0.0608 e. The molecule has 0 saturated carbocycles. The predicted molar refractivity (Wildman–Crippen MR) is 84.7 cm³/mol. The van der Waals surface area contributed by atoms with E-state index in [1.165, 1.54) is 29.8 Å². The van der Waals surface area contributed by atoms with Crippen LogP contribution in [0.15, 0.2) is 18.2 Å². The van der Waals surface area contributed by atoms with Gasteiger partial charge in [0.05, 0.1) is 6.10 Å². The van der Waals surface area contributed by atoms with Gasteiger partial charge in [0.15, 0.2) is 0 Å². The Morgan fingerprint density at radius 3 is 2.80 bits per heavy atom. The van der Waals surface area contributed by atoms with Crippen LogP contribution in [0.4, 0.5) is 11.4 Å². The quantitative estimate of drug-likeness (QED) is 0.914. The topological polar surface area (TPSA) is 24.5 Å². The van der Waals surface area contributed by atoms with Gasteiger partial charge in [0.1, 0.15) is 0 Å². The van der Waals surface area contributed by atoms with Gasteiger partial charge in [-0.3, -0.25) is 0 Å². The summed E-state index contributed by atoms with van der Waals surface area (Å²) >= 11 is 0. The van der Waals surface area contributed by atoms with Crippen LogP contribution >= 0.6 is 0 Å². The van der Waals surface area contributed by atoms with E-state index in [0.717, 1.165) is 32.5 Å². The van der Waals surface area contributed by atoms with Crippen LogP contribution in [0.25, 0.3) is 0 Å². The van der Waals surface area contributed by atoms with Crippen LogP contribution < -0.4 is 10.2 Å². The third kappa shape index (κ3) is 2.93. The Labute approximate surface area is 122 Å². The molecule has 0 aliphatic carbocycles. The molecule has 0 radical (unpaired) electrons. The van der Waals surface area contributed by atoms with Crippen LogP contribution in [0.5, 0.6) is 0 Å². The van der Waals surface area contributed by atoms with Gasteiger partial charge in [-0.25, -0.2) is 0 Å². The lowest BCUT2D eigenvalue weighted by Crippen LogP contribution is -2.37. The summed E-state index contributed by atoms with van der Waals surface area (Å²) in [5.74, 6) is 0. The van der Waals surface area contributed by atoms with E-state index in [1.54, 1.807) is 0 Å². The summed E-state index contributed by atoms with van der Waals surface area (Å²) in [5.41, 5.74) is 4.19. The van der Waals surface area contributed by atoms with Crippen molar-refractivity contribution in [3.8, 4) is 0 Å². The first kappa shape index (κ1) is 13.7. The van der Waals surface area contributed by atoms with E-state index in [9.17, 15) is 0 Å². The molecule has 2 heterocycles. The van der Waals surface area contributed by atoms with Crippen LogP contribution in [-0.4, -0.2) is 31.8 Å². The molecule has 1 fully saturated rings. The van der Waals surface area contributed by atoms with Crippen molar-refractivity contribution in [3.63, 3.8) is 0 Å². The Morgan fingerprint density at radius 1 is 1.25 bits per heavy atom. The molecule has 110 valence electrons. The Kier molecular flexibility index (Phi) is 4.16. The molecule has 3 nitrogen and oxygen atoms in total. The minimum absolute atomic E-state index is 0.469. The molecule has 1 aromatic rings. The van der Waals surface area contributed by atoms with Crippen molar-refractivity contribution < 1.29 is 4.74 Å². The maximum absolute atomic E-state index is 5.73. The number of fused-ring (bicyclic) bond motifs is 1. The minimum atomic E-state index is 0.469. The number of nitrogens with one attached hydrogen (secondary N) is 1. The van der Waals surface area contributed by atoms with Crippen LogP contribution in [0.1, 0.15) is 38.7 Å². The highest BCUT2D eigenvalue weighted by molar-refractivity contribution is 5.62. The zero-order valence-electron chi connectivity index (χ0n) is 12.7. The fourth-order valence-corrected chi connectivity index (χ4v) is 3.35. The van der Waals surface area contributed by atoms with E-state index < -0.39 is 0 Å². The molecule has 20 heavy (non-hydrogen) atoms. The molecule has 0 amide bonds. The second kappa shape index (κ2) is 6.04. The van der Waals surface area contributed by atoms with Crippen molar-refractivity contribution in [1.82, 2.24) is 0 Å². The van der Waals surface area contributed by atoms with E-state index in [-0.39, 0.29) is 0 Å². The summed E-state index contributed by atoms with van der Waals surface area (Å²) in [6.07, 6.45) is 5.21. The lowest BCUT2D eigenvalue weighted by molar-refractivity contribution is 0.0459. The largest absolute Gasteiger partial charge is 0.382 e. The first-order chi connectivity index (χ1) is 9.76. The third-order valence-corrected chi connectivity index (χ3v) is 4.55. The average molecular weight is 274 g/mol. The number of nitrogens with zero attached hydrogens (tertiary/aromatic N) is 1. The van der Waals surface area contributed by atoms with Crippen LogP contribution in [0, 0.1) is 0 Å². The van der Waals surface area contributed by atoms with Gasteiger partial charge in [-0.05, 0) is 63.3 Å². The second-order valence-electron chi connectivity index (χ2n) is 6.07. The fourth-order valence-electron chi connectivity index (χ4n) is 3.35. The highest BCUT2D eigenvalue weighted by atomic mass is 16.5. The molecule has 0 aromatic heterocycles. The van der Waals surface area contributed by atoms with Gasteiger partial charge in [0.25, 0.3) is 0 Å². The van der Waals surface area contributed by atoms with Gasteiger partial charge in [0, 0.05) is 37.1 Å². The highest BCUT2D eigenvalue weighted by Gasteiger charge is 2.21. The minimum Gasteiger partial charge on any atom is -0.382 e. The number of anilines is 2. The first-order valence-electron chi connectivity index (χ1n) is 8.02. The van der Waals surface area contributed by atoms with E-state index >= 15 is 0 Å². The van der Waals surface area contributed by atoms with Crippen molar-refractivity contribution in [3.05, 3.63) is 23.8 Å². The molecule has 0 bridgehead atoms. The molecule has 3 rings (SSSR count). The number of aryl methyl sites for hydroxylation is 1. The summed E-state index contributed by atoms with van der Waals surface area (Å²) in [7, 11) is 0. The van der Waals surface area contributed by atoms with E-state index in [2.05, 4.69) is 42.3 Å². The molecule has 1 unspecified atom stereocenters. The standard InChI is InChI=1S/C17H26N2O/c1-3-20-16-8-10-19(11-9-16)15-6-7-17-14(12-15)5-4-13(2)18-17/h6-7,12-13,16,18H,3-5,8-11H2,1-2H3. The van der Waals surface area contributed by atoms with Gasteiger partial charge >= 0.3 is 0 Å². The Morgan fingerprint density at radius 2 is 2.05 bits per heavy atom. The normalized spacial score (nSPS) is 23.3. The maximum atomic E-state index is 5.73. The number of ether oxygens (including phenoxy) is 1. The van der Waals surface area contributed by atoms with Gasteiger partial charge < -0.3 is 15.0 Å². The van der Waals surface area contributed by atoms with Gasteiger partial charge in [-0.15, -0.1) is 0 Å². The highest BCUT2D eigenvalue weighted by Crippen LogP contribution is 2.30. The summed E-state index contributed by atoms with van der Waals surface area (Å²) < 4.78 is 5.73. The number of rotatable bonds is 3. The Bertz CT molecular complexity index is 452. The summed E-state index contributed by atoms with van der Waals surface area (Å²) in [6.45, 7) is 7.42. The number of benzene rings is 1. The second-order valence-corrected chi connectivity index (χ2v) is 6.07. The fraction of sp³-hybridized carbons (Fsp3) is 0.647. The number of hydrogen-bond acceptors (Lipinski definition) is 3. The molecule has 2 aliphatic rings. The van der Waals surface area contributed by atoms with Gasteiger partial charge in [-0.1, -0.05) is 0 Å². The molecule has 0 spiro atoms. The lowest BCUT2D eigenvalue weighted by Gasteiger charge is -2.34. The third-order valence-electron chi connectivity index (χ3n) is 4.55. The first-order valence-corrected chi connectivity index (χ1v) is 8.02. The molecule has 1 atom stereocenters. The van der Waals surface area contributed by atoms with E-state index in [1.807, 2.05) is 0 Å². The van der Waals surface area contributed by atoms with E-state index in [4.69, 9.17) is 4.74 Å². The lowest BCUT2D eigenvalue weighted by atomic mass is 9.97. The van der Waals surface area contributed by atoms with Crippen molar-refractivity contribution in [2.75, 3.05) is 29.9 Å². The van der Waals surface area contributed by atoms with E-state index in [0.29, 0.717) is 12.1 Å². The monoisotopic (exact) mass is 274 g/mol. The Hall–Kier alpha value is -1.22. The van der Waals surface area contributed by atoms with Crippen LogP contribution in [-0.2, 0) is 11.2 Å². The van der Waals surface area contributed by atoms with Crippen LogP contribution in [0.2, 0.25) is 0 Å². The molecule has 2 aliphatic heterocycles. The molecular formula is C17H26N2O. The SMILES string of the molecule is CCOC1CCN(c2ccc3c(c2)CCC(C)N3)CC1. The van der Waals surface area contributed by atoms with Crippen molar-refractivity contribution in [2.24, 2.45) is 0 Å². The van der Waals surface area contributed by atoms with Gasteiger partial charge in [0.2, 0.25) is 0 Å². The van der Waals surface area contributed by atoms with Crippen LogP contribution in [0.3, 0.4) is 0 Å². The average Bonchev–Trinajstić information content (AvgIpc) is 2.48. The molecule has 1 N–H and O–H groups in total. The zero-order valence-corrected chi connectivity index (χ0v) is 12.7. The van der Waals surface area contributed by atoms with Crippen molar-refractivity contribution in [2.45, 2.75) is 51.7 Å². The Balaban J connectivity index is 1.66. The number of piperidine rings is 1. The molecular weight excluding hydrogens is 248 g/mol. The molecule has 3 heteroatoms. The van der Waals surface area contributed by atoms with Crippen molar-refractivity contribution >= 4 is 11.4 Å².